The van der Waals surface area contributed by atoms with Crippen LogP contribution in [0.3, 0.4) is 0 Å². The van der Waals surface area contributed by atoms with E-state index in [-0.39, 0.29) is 0 Å². The summed E-state index contributed by atoms with van der Waals surface area (Å²) in [5.41, 5.74) is 3.27. The Labute approximate surface area is 87.0 Å². The zero-order valence-electron chi connectivity index (χ0n) is 9.30. The van der Waals surface area contributed by atoms with Gasteiger partial charge in [-0.2, -0.15) is 0 Å². The number of nitrogens with one attached hydrogen (secondary N) is 1. The van der Waals surface area contributed by atoms with Crippen LogP contribution < -0.4 is 0 Å². The van der Waals surface area contributed by atoms with Crippen molar-refractivity contribution < 1.29 is 0 Å². The fourth-order valence-corrected chi connectivity index (χ4v) is 1.15. The molecule has 0 bridgehead atoms. The smallest absolute Gasteiger partial charge is 0.0256 e. The standard InChI is InChI=1S/C11H13N.C2H6/c1-3-9-5-6-11(8-12)10(4-2)7-9;1-2/h4-8,12H,2-3H2,1H3;1-2H3. The molecule has 0 atom stereocenters. The fourth-order valence-electron chi connectivity index (χ4n) is 1.15. The molecule has 1 nitrogen and oxygen atoms in total. The van der Waals surface area contributed by atoms with Crippen LogP contribution in [0.4, 0.5) is 0 Å². The molecule has 0 heterocycles. The topological polar surface area (TPSA) is 23.9 Å². The van der Waals surface area contributed by atoms with E-state index in [1.807, 2.05) is 26.0 Å². The molecule has 0 saturated heterocycles. The van der Waals surface area contributed by atoms with Crippen molar-refractivity contribution in [3.05, 3.63) is 41.5 Å². The van der Waals surface area contributed by atoms with Crippen LogP contribution in [0.15, 0.2) is 24.8 Å². The largest absolute Gasteiger partial charge is 0.308 e. The molecule has 0 aliphatic heterocycles. The molecule has 0 aliphatic rings. The molecule has 14 heavy (non-hydrogen) atoms. The van der Waals surface area contributed by atoms with Crippen molar-refractivity contribution in [1.82, 2.24) is 0 Å². The van der Waals surface area contributed by atoms with Crippen LogP contribution in [0.2, 0.25) is 0 Å². The van der Waals surface area contributed by atoms with Crippen molar-refractivity contribution in [3.63, 3.8) is 0 Å². The molecule has 1 aromatic carbocycles. The maximum atomic E-state index is 7.14. The second-order valence-electron chi connectivity index (χ2n) is 2.67. The molecule has 0 fully saturated rings. The van der Waals surface area contributed by atoms with E-state index in [0.29, 0.717) is 0 Å². The van der Waals surface area contributed by atoms with Gasteiger partial charge in [-0.25, -0.2) is 0 Å². The summed E-state index contributed by atoms with van der Waals surface area (Å²) in [5.74, 6) is 0. The lowest BCUT2D eigenvalue weighted by atomic mass is 10.0. The van der Waals surface area contributed by atoms with Gasteiger partial charge in [0.1, 0.15) is 0 Å². The molecule has 1 rings (SSSR count). The number of rotatable bonds is 3. The van der Waals surface area contributed by atoms with Crippen molar-refractivity contribution in [2.45, 2.75) is 27.2 Å². The van der Waals surface area contributed by atoms with Crippen molar-refractivity contribution >= 4 is 12.3 Å². The molecule has 1 aromatic rings. The Hall–Kier alpha value is -1.37. The lowest BCUT2D eigenvalue weighted by Gasteiger charge is -2.02. The quantitative estimate of drug-likeness (QED) is 0.697. The van der Waals surface area contributed by atoms with Gasteiger partial charge in [0.05, 0.1) is 0 Å². The molecule has 0 aliphatic carbocycles. The summed E-state index contributed by atoms with van der Waals surface area (Å²) in [4.78, 5) is 0. The Kier molecular flexibility index (Phi) is 6.38. The Balaban J connectivity index is 0.000000791. The monoisotopic (exact) mass is 189 g/mol. The molecule has 0 amide bonds. The van der Waals surface area contributed by atoms with Gasteiger partial charge in [0, 0.05) is 6.21 Å². The molecule has 1 heteroatoms. The van der Waals surface area contributed by atoms with Crippen molar-refractivity contribution in [2.75, 3.05) is 0 Å². The van der Waals surface area contributed by atoms with E-state index in [1.165, 1.54) is 11.8 Å². The Morgan fingerprint density at radius 2 is 1.93 bits per heavy atom. The highest BCUT2D eigenvalue weighted by atomic mass is 14.3. The van der Waals surface area contributed by atoms with Crippen LogP contribution >= 0.6 is 0 Å². The maximum Gasteiger partial charge on any atom is 0.0256 e. The summed E-state index contributed by atoms with van der Waals surface area (Å²) >= 11 is 0. The minimum absolute atomic E-state index is 0.933. The third-order valence-electron chi connectivity index (χ3n) is 1.93. The number of hydrogen-bond donors (Lipinski definition) is 1. The second-order valence-corrected chi connectivity index (χ2v) is 2.67. The summed E-state index contributed by atoms with van der Waals surface area (Å²) in [6, 6.07) is 6.09. The average Bonchev–Trinajstić information content (AvgIpc) is 2.30. The molecule has 76 valence electrons. The number of benzene rings is 1. The van der Waals surface area contributed by atoms with Crippen LogP contribution in [-0.2, 0) is 6.42 Å². The number of hydrogen-bond acceptors (Lipinski definition) is 1. The van der Waals surface area contributed by atoms with Gasteiger partial charge < -0.3 is 5.41 Å². The molecule has 0 aromatic heterocycles. The predicted octanol–water partition coefficient (Wildman–Crippen LogP) is 3.92. The van der Waals surface area contributed by atoms with Gasteiger partial charge in [-0.3, -0.25) is 0 Å². The highest BCUT2D eigenvalue weighted by molar-refractivity contribution is 5.83. The first-order valence-electron chi connectivity index (χ1n) is 5.07. The van der Waals surface area contributed by atoms with E-state index >= 15 is 0 Å². The van der Waals surface area contributed by atoms with E-state index in [2.05, 4.69) is 19.6 Å². The van der Waals surface area contributed by atoms with E-state index in [0.717, 1.165) is 17.5 Å². The van der Waals surface area contributed by atoms with Gasteiger partial charge in [0.25, 0.3) is 0 Å². The van der Waals surface area contributed by atoms with Crippen molar-refractivity contribution in [3.8, 4) is 0 Å². The third-order valence-corrected chi connectivity index (χ3v) is 1.93. The first-order chi connectivity index (χ1) is 6.81. The lowest BCUT2D eigenvalue weighted by Crippen LogP contribution is -1.88. The van der Waals surface area contributed by atoms with Gasteiger partial charge in [0.2, 0.25) is 0 Å². The van der Waals surface area contributed by atoms with Gasteiger partial charge >= 0.3 is 0 Å². The summed E-state index contributed by atoms with van der Waals surface area (Å²) in [5, 5.41) is 7.14. The summed E-state index contributed by atoms with van der Waals surface area (Å²) in [6.07, 6.45) is 4.18. The van der Waals surface area contributed by atoms with Gasteiger partial charge in [-0.15, -0.1) is 0 Å². The van der Waals surface area contributed by atoms with E-state index < -0.39 is 0 Å². The van der Waals surface area contributed by atoms with E-state index in [1.54, 1.807) is 6.08 Å². The Morgan fingerprint density at radius 1 is 1.29 bits per heavy atom. The Morgan fingerprint density at radius 3 is 2.36 bits per heavy atom. The number of aryl methyl sites for hydroxylation is 1. The SMILES string of the molecule is C=Cc1cc(CC)ccc1C=N.CC. The van der Waals surface area contributed by atoms with Crippen molar-refractivity contribution in [1.29, 1.82) is 5.41 Å². The highest BCUT2D eigenvalue weighted by Gasteiger charge is 1.96. The van der Waals surface area contributed by atoms with E-state index in [9.17, 15) is 0 Å². The average molecular weight is 189 g/mol. The summed E-state index contributed by atoms with van der Waals surface area (Å²) in [6.45, 7) is 9.83. The highest BCUT2D eigenvalue weighted by Crippen LogP contribution is 2.11. The molecule has 0 saturated carbocycles. The van der Waals surface area contributed by atoms with Crippen LogP contribution in [0.5, 0.6) is 0 Å². The van der Waals surface area contributed by atoms with Crippen LogP contribution in [0.1, 0.15) is 37.5 Å². The molecule has 0 radical (unpaired) electrons. The molecular formula is C13H19N. The fraction of sp³-hybridized carbons (Fsp3) is 0.308. The maximum absolute atomic E-state index is 7.14. The molecule has 0 spiro atoms. The van der Waals surface area contributed by atoms with Crippen LogP contribution in [0.25, 0.3) is 6.08 Å². The van der Waals surface area contributed by atoms with Crippen molar-refractivity contribution in [2.24, 2.45) is 0 Å². The molecule has 0 unspecified atom stereocenters. The van der Waals surface area contributed by atoms with Gasteiger partial charge in [-0.1, -0.05) is 51.6 Å². The second kappa shape index (κ2) is 7.07. The first-order valence-corrected chi connectivity index (χ1v) is 5.07. The molecule has 1 N–H and O–H groups in total. The van der Waals surface area contributed by atoms with Crippen LogP contribution in [-0.4, -0.2) is 6.21 Å². The first kappa shape index (κ1) is 12.6. The van der Waals surface area contributed by atoms with Gasteiger partial charge in [-0.05, 0) is 23.1 Å². The van der Waals surface area contributed by atoms with E-state index in [4.69, 9.17) is 5.41 Å². The normalized spacial score (nSPS) is 8.50. The zero-order valence-corrected chi connectivity index (χ0v) is 9.30. The lowest BCUT2D eigenvalue weighted by molar-refractivity contribution is 1.14. The minimum Gasteiger partial charge on any atom is -0.308 e. The van der Waals surface area contributed by atoms with Gasteiger partial charge in [0.15, 0.2) is 0 Å². The van der Waals surface area contributed by atoms with Crippen LogP contribution in [0, 0.1) is 5.41 Å². The molecular weight excluding hydrogens is 170 g/mol. The Bertz CT molecular complexity index is 300. The minimum atomic E-state index is 0.933. The third kappa shape index (κ3) is 3.17. The predicted molar refractivity (Wildman–Crippen MR) is 65.1 cm³/mol. The zero-order chi connectivity index (χ0) is 11.0. The summed E-state index contributed by atoms with van der Waals surface area (Å²) < 4.78 is 0. The summed E-state index contributed by atoms with van der Waals surface area (Å²) in [7, 11) is 0.